The third-order valence-corrected chi connectivity index (χ3v) is 2.36. The molecule has 0 radical (unpaired) electrons. The van der Waals surface area contributed by atoms with Crippen LogP contribution in [0, 0.1) is 6.92 Å². The maximum absolute atomic E-state index is 12.0. The first-order valence-electron chi connectivity index (χ1n) is 5.66. The number of hydrogen-bond donors (Lipinski definition) is 0. The van der Waals surface area contributed by atoms with Gasteiger partial charge in [0.1, 0.15) is 0 Å². The van der Waals surface area contributed by atoms with Gasteiger partial charge < -0.3 is 4.90 Å². The van der Waals surface area contributed by atoms with E-state index in [2.05, 4.69) is 6.58 Å². The lowest BCUT2D eigenvalue weighted by Crippen LogP contribution is -2.20. The Morgan fingerprint density at radius 1 is 1.29 bits per heavy atom. The molecule has 1 aromatic rings. The van der Waals surface area contributed by atoms with E-state index < -0.39 is 0 Å². The number of allylic oxidation sites excluding steroid dienone is 1. The summed E-state index contributed by atoms with van der Waals surface area (Å²) in [5.74, 6) is 0.0994. The molecule has 0 amide bonds. The summed E-state index contributed by atoms with van der Waals surface area (Å²) in [4.78, 5) is 13.8. The normalized spacial score (nSPS) is 9.59. The van der Waals surface area contributed by atoms with E-state index >= 15 is 0 Å². The highest BCUT2D eigenvalue weighted by Gasteiger charge is 2.07. The van der Waals surface area contributed by atoms with Crippen LogP contribution in [0.3, 0.4) is 0 Å². The van der Waals surface area contributed by atoms with Gasteiger partial charge in [-0.2, -0.15) is 0 Å². The van der Waals surface area contributed by atoms with Crippen LogP contribution in [0.25, 0.3) is 0 Å². The SMILES string of the molecule is C=CN(C=C(C)C)CC(=O)c1ccc(C)cc1. The molecule has 0 aromatic heterocycles. The Labute approximate surface area is 103 Å². The number of Topliss-reactive ketones (excluding diaryl/α,β-unsaturated/α-hetero) is 1. The van der Waals surface area contributed by atoms with E-state index in [-0.39, 0.29) is 5.78 Å². The van der Waals surface area contributed by atoms with E-state index in [0.29, 0.717) is 6.54 Å². The fourth-order valence-corrected chi connectivity index (χ4v) is 1.49. The number of carbonyl (C=O) groups is 1. The minimum atomic E-state index is 0.0994. The lowest BCUT2D eigenvalue weighted by Gasteiger charge is -2.14. The predicted octanol–water partition coefficient (Wildman–Crippen LogP) is 3.55. The Kier molecular flexibility index (Phi) is 4.70. The van der Waals surface area contributed by atoms with Crippen LogP contribution in [0.15, 0.2) is 48.8 Å². The second-order valence-corrected chi connectivity index (χ2v) is 4.35. The first-order valence-corrected chi connectivity index (χ1v) is 5.66. The van der Waals surface area contributed by atoms with E-state index in [0.717, 1.165) is 16.7 Å². The molecule has 0 N–H and O–H groups in total. The van der Waals surface area contributed by atoms with E-state index in [1.54, 1.807) is 11.1 Å². The molecule has 2 nitrogen and oxygen atoms in total. The minimum Gasteiger partial charge on any atom is -0.347 e. The molecule has 1 aromatic carbocycles. The van der Waals surface area contributed by atoms with Crippen LogP contribution in [0.5, 0.6) is 0 Å². The summed E-state index contributed by atoms with van der Waals surface area (Å²) in [5, 5.41) is 0. The van der Waals surface area contributed by atoms with Gasteiger partial charge in [-0.3, -0.25) is 4.79 Å². The highest BCUT2D eigenvalue weighted by Crippen LogP contribution is 2.06. The van der Waals surface area contributed by atoms with Crippen LogP contribution in [0.4, 0.5) is 0 Å². The first-order chi connectivity index (χ1) is 8.02. The quantitative estimate of drug-likeness (QED) is 0.720. The van der Waals surface area contributed by atoms with Crippen molar-refractivity contribution < 1.29 is 4.79 Å². The van der Waals surface area contributed by atoms with Crippen molar-refractivity contribution in [3.8, 4) is 0 Å². The largest absolute Gasteiger partial charge is 0.347 e. The summed E-state index contributed by atoms with van der Waals surface area (Å²) in [6, 6.07) is 7.63. The van der Waals surface area contributed by atoms with Crippen molar-refractivity contribution in [2.75, 3.05) is 6.54 Å². The number of benzene rings is 1. The van der Waals surface area contributed by atoms with Gasteiger partial charge in [-0.25, -0.2) is 0 Å². The van der Waals surface area contributed by atoms with Gasteiger partial charge >= 0.3 is 0 Å². The molecule has 17 heavy (non-hydrogen) atoms. The van der Waals surface area contributed by atoms with Gasteiger partial charge in [-0.05, 0) is 27.0 Å². The molecular formula is C15H19NO. The second kappa shape index (κ2) is 6.04. The molecular weight excluding hydrogens is 210 g/mol. The molecule has 2 heteroatoms. The Hall–Kier alpha value is -1.83. The van der Waals surface area contributed by atoms with E-state index in [9.17, 15) is 4.79 Å². The minimum absolute atomic E-state index is 0.0994. The van der Waals surface area contributed by atoms with Gasteiger partial charge in [0.2, 0.25) is 0 Å². The maximum atomic E-state index is 12.0. The van der Waals surface area contributed by atoms with Crippen LogP contribution in [0.2, 0.25) is 0 Å². The molecule has 0 aliphatic heterocycles. The number of rotatable bonds is 5. The van der Waals surface area contributed by atoms with Crippen LogP contribution in [-0.2, 0) is 0 Å². The van der Waals surface area contributed by atoms with Gasteiger partial charge in [0.15, 0.2) is 5.78 Å². The summed E-state index contributed by atoms with van der Waals surface area (Å²) >= 11 is 0. The third kappa shape index (κ3) is 4.27. The highest BCUT2D eigenvalue weighted by atomic mass is 16.1. The molecule has 0 unspecified atom stereocenters. The molecule has 0 saturated heterocycles. The molecule has 90 valence electrons. The van der Waals surface area contributed by atoms with Crippen LogP contribution in [0.1, 0.15) is 29.8 Å². The number of hydrogen-bond acceptors (Lipinski definition) is 2. The van der Waals surface area contributed by atoms with Gasteiger partial charge in [-0.15, -0.1) is 0 Å². The monoisotopic (exact) mass is 229 g/mol. The first kappa shape index (κ1) is 13.2. The van der Waals surface area contributed by atoms with Crippen molar-refractivity contribution in [3.63, 3.8) is 0 Å². The highest BCUT2D eigenvalue weighted by molar-refractivity contribution is 5.97. The number of ketones is 1. The molecule has 0 aliphatic rings. The summed E-state index contributed by atoms with van der Waals surface area (Å²) in [5.41, 5.74) is 3.04. The Bertz CT molecular complexity index is 425. The van der Waals surface area contributed by atoms with E-state index in [4.69, 9.17) is 0 Å². The molecule has 0 saturated carbocycles. The van der Waals surface area contributed by atoms with Crippen molar-refractivity contribution in [1.29, 1.82) is 0 Å². The Morgan fingerprint density at radius 3 is 2.35 bits per heavy atom. The van der Waals surface area contributed by atoms with Gasteiger partial charge in [0.05, 0.1) is 6.54 Å². The van der Waals surface area contributed by atoms with Crippen LogP contribution < -0.4 is 0 Å². The standard InChI is InChI=1S/C15H19NO/c1-5-16(10-12(2)3)11-15(17)14-8-6-13(4)7-9-14/h5-10H,1,11H2,2-4H3. The van der Waals surface area contributed by atoms with Crippen LogP contribution in [-0.4, -0.2) is 17.2 Å². The van der Waals surface area contributed by atoms with Crippen molar-refractivity contribution in [1.82, 2.24) is 4.90 Å². The summed E-state index contributed by atoms with van der Waals surface area (Å²) in [6.07, 6.45) is 3.58. The maximum Gasteiger partial charge on any atom is 0.182 e. The third-order valence-electron chi connectivity index (χ3n) is 2.36. The van der Waals surface area contributed by atoms with Crippen molar-refractivity contribution in [3.05, 3.63) is 59.9 Å². The number of carbonyl (C=O) groups excluding carboxylic acids is 1. The lowest BCUT2D eigenvalue weighted by molar-refractivity contribution is 0.0970. The smallest absolute Gasteiger partial charge is 0.182 e. The van der Waals surface area contributed by atoms with Crippen LogP contribution >= 0.6 is 0 Å². The molecule has 1 rings (SSSR count). The molecule has 0 heterocycles. The summed E-state index contributed by atoms with van der Waals surface area (Å²) < 4.78 is 0. The van der Waals surface area contributed by atoms with E-state index in [1.165, 1.54) is 0 Å². The zero-order valence-corrected chi connectivity index (χ0v) is 10.7. The fourth-order valence-electron chi connectivity index (χ4n) is 1.49. The van der Waals surface area contributed by atoms with E-state index in [1.807, 2.05) is 51.2 Å². The predicted molar refractivity (Wildman–Crippen MR) is 71.8 cm³/mol. The lowest BCUT2D eigenvalue weighted by atomic mass is 10.1. The summed E-state index contributed by atoms with van der Waals surface area (Å²) in [6.45, 7) is 10.0. The van der Waals surface area contributed by atoms with Crippen molar-refractivity contribution in [2.24, 2.45) is 0 Å². The van der Waals surface area contributed by atoms with Gasteiger partial charge in [0.25, 0.3) is 0 Å². The Balaban J connectivity index is 2.74. The molecule has 0 atom stereocenters. The Morgan fingerprint density at radius 2 is 1.88 bits per heavy atom. The molecule has 0 aliphatic carbocycles. The molecule has 0 bridgehead atoms. The van der Waals surface area contributed by atoms with Crippen molar-refractivity contribution in [2.45, 2.75) is 20.8 Å². The number of nitrogens with zero attached hydrogens (tertiary/aromatic N) is 1. The number of aryl methyl sites for hydroxylation is 1. The topological polar surface area (TPSA) is 20.3 Å². The average molecular weight is 229 g/mol. The zero-order valence-electron chi connectivity index (χ0n) is 10.7. The molecule has 0 spiro atoms. The fraction of sp³-hybridized carbons (Fsp3) is 0.267. The van der Waals surface area contributed by atoms with Crippen molar-refractivity contribution >= 4 is 5.78 Å². The average Bonchev–Trinajstić information content (AvgIpc) is 2.28. The molecule has 0 fully saturated rings. The van der Waals surface area contributed by atoms with Gasteiger partial charge in [0, 0.05) is 11.8 Å². The second-order valence-electron chi connectivity index (χ2n) is 4.35. The van der Waals surface area contributed by atoms with Gasteiger partial charge in [-0.1, -0.05) is 42.0 Å². The summed E-state index contributed by atoms with van der Waals surface area (Å²) in [7, 11) is 0. The zero-order chi connectivity index (χ0) is 12.8.